The van der Waals surface area contributed by atoms with Crippen LogP contribution in [0.15, 0.2) is 24.3 Å². The van der Waals surface area contributed by atoms with Gasteiger partial charge in [-0.05, 0) is 18.4 Å². The maximum Gasteiger partial charge on any atom is 0.490 e. The van der Waals surface area contributed by atoms with E-state index in [0.29, 0.717) is 18.4 Å². The molecule has 0 unspecified atom stereocenters. The van der Waals surface area contributed by atoms with Crippen LogP contribution in [0.1, 0.15) is 11.1 Å². The molecule has 2 heterocycles. The Morgan fingerprint density at radius 3 is 2.34 bits per heavy atom. The third-order valence-corrected chi connectivity index (χ3v) is 5.58. The molecule has 3 rings (SSSR count). The van der Waals surface area contributed by atoms with Crippen molar-refractivity contribution >= 4 is 16.0 Å². The molecule has 0 aromatic heterocycles. The van der Waals surface area contributed by atoms with Crippen molar-refractivity contribution in [1.29, 1.82) is 0 Å². The van der Waals surface area contributed by atoms with Gasteiger partial charge in [-0.1, -0.05) is 29.8 Å². The number of ether oxygens (including phenoxy) is 1. The third kappa shape index (κ3) is 7.57. The van der Waals surface area contributed by atoms with E-state index in [9.17, 15) is 21.6 Å². The summed E-state index contributed by atoms with van der Waals surface area (Å²) in [7, 11) is -3.19. The van der Waals surface area contributed by atoms with Crippen molar-refractivity contribution in [3.63, 3.8) is 0 Å². The molecule has 0 aliphatic carbocycles. The van der Waals surface area contributed by atoms with Crippen molar-refractivity contribution in [1.82, 2.24) is 9.62 Å². The van der Waals surface area contributed by atoms with Crippen LogP contribution in [-0.2, 0) is 26.1 Å². The summed E-state index contributed by atoms with van der Waals surface area (Å²) in [5.41, 5.74) is 2.57. The number of hydrogen-bond acceptors (Lipinski definition) is 5. The first-order valence-corrected chi connectivity index (χ1v) is 10.9. The lowest BCUT2D eigenvalue weighted by atomic mass is 9.88. The van der Waals surface area contributed by atoms with E-state index in [2.05, 4.69) is 40.8 Å². The number of carboxylic acids is 1. The summed E-state index contributed by atoms with van der Waals surface area (Å²) in [5, 5.41) is 7.12. The van der Waals surface area contributed by atoms with E-state index >= 15 is 0 Å². The smallest absolute Gasteiger partial charge is 0.475 e. The number of sulfonamides is 1. The lowest BCUT2D eigenvalue weighted by molar-refractivity contribution is -0.192. The summed E-state index contributed by atoms with van der Waals surface area (Å²) < 4.78 is 63.1. The molecule has 0 amide bonds. The van der Waals surface area contributed by atoms with Gasteiger partial charge in [-0.15, -0.1) is 0 Å². The second-order valence-corrected chi connectivity index (χ2v) is 9.22. The van der Waals surface area contributed by atoms with E-state index in [4.69, 9.17) is 14.6 Å². The molecule has 7 nitrogen and oxygen atoms in total. The number of aryl methyl sites for hydroxylation is 1. The second-order valence-electron chi connectivity index (χ2n) is 7.44. The number of fused-ring (bicyclic) bond motifs is 1. The van der Waals surface area contributed by atoms with Crippen LogP contribution in [0.3, 0.4) is 0 Å². The Morgan fingerprint density at radius 1 is 1.24 bits per heavy atom. The summed E-state index contributed by atoms with van der Waals surface area (Å²) in [6, 6.07) is 8.50. The van der Waals surface area contributed by atoms with Crippen LogP contribution in [0, 0.1) is 18.8 Å². The number of likely N-dealkylation sites (tertiary alicyclic amines) is 1. The Kier molecular flexibility index (Phi) is 7.66. The van der Waals surface area contributed by atoms with Gasteiger partial charge >= 0.3 is 12.1 Å². The number of rotatable bonds is 4. The van der Waals surface area contributed by atoms with Gasteiger partial charge in [0.15, 0.2) is 0 Å². The van der Waals surface area contributed by atoms with Crippen LogP contribution in [0.2, 0.25) is 0 Å². The van der Waals surface area contributed by atoms with Crippen molar-refractivity contribution in [2.24, 2.45) is 11.8 Å². The van der Waals surface area contributed by atoms with Crippen molar-refractivity contribution in [3.8, 4) is 0 Å². The Balaban J connectivity index is 0.000000370. The van der Waals surface area contributed by atoms with Crippen LogP contribution < -0.4 is 4.72 Å². The van der Waals surface area contributed by atoms with E-state index in [0.717, 1.165) is 26.2 Å². The average Bonchev–Trinajstić information content (AvgIpc) is 2.99. The fourth-order valence-corrected chi connectivity index (χ4v) is 4.36. The zero-order valence-electron chi connectivity index (χ0n) is 16.1. The fraction of sp³-hybridized carbons (Fsp3) is 0.611. The van der Waals surface area contributed by atoms with Crippen LogP contribution >= 0.6 is 0 Å². The van der Waals surface area contributed by atoms with E-state index in [1.165, 1.54) is 17.4 Å². The van der Waals surface area contributed by atoms with Gasteiger partial charge < -0.3 is 9.84 Å². The third-order valence-electron chi connectivity index (χ3n) is 4.85. The van der Waals surface area contributed by atoms with Crippen molar-refractivity contribution in [3.05, 3.63) is 35.4 Å². The molecule has 1 aromatic rings. The Labute approximate surface area is 167 Å². The van der Waals surface area contributed by atoms with E-state index < -0.39 is 22.2 Å². The van der Waals surface area contributed by atoms with Crippen LogP contribution in [0.5, 0.6) is 0 Å². The Bertz CT molecular complexity index is 799. The maximum absolute atomic E-state index is 11.5. The summed E-state index contributed by atoms with van der Waals surface area (Å²) in [4.78, 5) is 11.3. The normalized spacial score (nSPS) is 25.1. The molecule has 0 bridgehead atoms. The largest absolute Gasteiger partial charge is 0.490 e. The number of carboxylic acid groups (broad SMARTS) is 1. The summed E-state index contributed by atoms with van der Waals surface area (Å²) in [5.74, 6) is -2.00. The molecular formula is C18H25F3N2O5S. The Morgan fingerprint density at radius 2 is 1.83 bits per heavy atom. The minimum absolute atomic E-state index is 0.100. The fourth-order valence-electron chi connectivity index (χ4n) is 3.57. The lowest BCUT2D eigenvalue weighted by Gasteiger charge is -2.32. The van der Waals surface area contributed by atoms with Crippen LogP contribution in [0.25, 0.3) is 0 Å². The lowest BCUT2D eigenvalue weighted by Crippen LogP contribution is -2.49. The minimum atomic E-state index is -5.08. The number of halogens is 3. The molecule has 0 radical (unpaired) electrons. The predicted octanol–water partition coefficient (Wildman–Crippen LogP) is 1.62. The molecule has 0 saturated carbocycles. The molecule has 11 heteroatoms. The topological polar surface area (TPSA) is 95.9 Å². The van der Waals surface area contributed by atoms with Crippen LogP contribution in [-0.4, -0.2) is 69.2 Å². The van der Waals surface area contributed by atoms with E-state index in [-0.39, 0.29) is 6.04 Å². The quantitative estimate of drug-likeness (QED) is 0.742. The molecule has 0 spiro atoms. The SMILES string of the molecule is Cc1ccc(CN2C[C@@H]3COC[C@H](NS(C)(=O)=O)[C@@H]3C2)cc1.O=C(O)C(F)(F)F. The highest BCUT2D eigenvalue weighted by Crippen LogP contribution is 2.31. The number of alkyl halides is 3. The van der Waals surface area contributed by atoms with Gasteiger partial charge in [0.1, 0.15) is 0 Å². The first-order valence-electron chi connectivity index (χ1n) is 8.98. The van der Waals surface area contributed by atoms with Gasteiger partial charge in [-0.2, -0.15) is 13.2 Å². The highest BCUT2D eigenvalue weighted by Gasteiger charge is 2.41. The molecule has 3 atom stereocenters. The number of benzene rings is 1. The summed E-state index contributed by atoms with van der Waals surface area (Å²) in [6.07, 6.45) is -3.87. The van der Waals surface area contributed by atoms with Gasteiger partial charge in [0, 0.05) is 31.6 Å². The molecule has 1 aromatic carbocycles. The van der Waals surface area contributed by atoms with Gasteiger partial charge in [0.25, 0.3) is 0 Å². The molecule has 2 aliphatic rings. The number of carbonyl (C=O) groups is 1. The summed E-state index contributed by atoms with van der Waals surface area (Å²) in [6.45, 7) is 6.12. The number of nitrogens with zero attached hydrogens (tertiary/aromatic N) is 1. The zero-order valence-corrected chi connectivity index (χ0v) is 17.0. The molecule has 2 fully saturated rings. The van der Waals surface area contributed by atoms with Gasteiger partial charge in [-0.3, -0.25) is 4.90 Å². The number of hydrogen-bond donors (Lipinski definition) is 2. The van der Waals surface area contributed by atoms with E-state index in [1.54, 1.807) is 0 Å². The molecular weight excluding hydrogens is 413 g/mol. The average molecular weight is 438 g/mol. The predicted molar refractivity (Wildman–Crippen MR) is 99.7 cm³/mol. The first-order chi connectivity index (χ1) is 13.3. The molecule has 2 saturated heterocycles. The summed E-state index contributed by atoms with van der Waals surface area (Å²) >= 11 is 0. The number of aliphatic carboxylic acids is 1. The molecule has 2 N–H and O–H groups in total. The second kappa shape index (κ2) is 9.41. The first kappa shape index (κ1) is 23.6. The zero-order chi connectivity index (χ0) is 21.8. The molecule has 164 valence electrons. The molecule has 2 aliphatic heterocycles. The monoisotopic (exact) mass is 438 g/mol. The minimum Gasteiger partial charge on any atom is -0.475 e. The maximum atomic E-state index is 11.5. The Hall–Kier alpha value is -1.69. The van der Waals surface area contributed by atoms with Crippen molar-refractivity contribution in [2.45, 2.75) is 25.7 Å². The van der Waals surface area contributed by atoms with Gasteiger partial charge in [-0.25, -0.2) is 17.9 Å². The molecule has 29 heavy (non-hydrogen) atoms. The van der Waals surface area contributed by atoms with E-state index in [1.807, 2.05) is 0 Å². The van der Waals surface area contributed by atoms with Crippen molar-refractivity contribution in [2.75, 3.05) is 32.6 Å². The van der Waals surface area contributed by atoms with Gasteiger partial charge in [0.05, 0.1) is 19.5 Å². The highest BCUT2D eigenvalue weighted by atomic mass is 32.2. The van der Waals surface area contributed by atoms with Gasteiger partial charge in [0.2, 0.25) is 10.0 Å². The highest BCUT2D eigenvalue weighted by molar-refractivity contribution is 7.88. The van der Waals surface area contributed by atoms with Crippen LogP contribution in [0.4, 0.5) is 13.2 Å². The number of nitrogens with one attached hydrogen (secondary N) is 1. The standard InChI is InChI=1S/C16H24N2O3S.C2HF3O2/c1-12-3-5-13(6-4-12)7-18-8-14-10-21-11-16(15(14)9-18)17-22(2,19)20;3-2(4,5)1(6)7/h3-6,14-17H,7-11H2,1-2H3;(H,6,7)/t14-,15-,16+;/m1./s1. The van der Waals surface area contributed by atoms with Crippen molar-refractivity contribution < 1.29 is 36.2 Å².